The van der Waals surface area contributed by atoms with E-state index in [1.807, 2.05) is 42.0 Å². The van der Waals surface area contributed by atoms with Crippen LogP contribution < -0.4 is 10.5 Å². The molecular weight excluding hydrogens is 214 g/mol. The Labute approximate surface area is 101 Å². The van der Waals surface area contributed by atoms with Crippen molar-refractivity contribution in [3.05, 3.63) is 41.7 Å². The summed E-state index contributed by atoms with van der Waals surface area (Å²) in [4.78, 5) is 4.21. The van der Waals surface area contributed by atoms with Crippen LogP contribution in [-0.4, -0.2) is 16.7 Å². The highest BCUT2D eigenvalue weighted by Gasteiger charge is 2.11. The SMILES string of the molecule is COc1ccc(C(C)n2cc(C)nc2N)cc1. The van der Waals surface area contributed by atoms with Gasteiger partial charge in [0.05, 0.1) is 18.8 Å². The van der Waals surface area contributed by atoms with Gasteiger partial charge >= 0.3 is 0 Å². The van der Waals surface area contributed by atoms with Gasteiger partial charge in [-0.15, -0.1) is 0 Å². The van der Waals surface area contributed by atoms with E-state index in [9.17, 15) is 0 Å². The van der Waals surface area contributed by atoms with Crippen LogP contribution in [-0.2, 0) is 0 Å². The third kappa shape index (κ3) is 2.25. The summed E-state index contributed by atoms with van der Waals surface area (Å²) in [7, 11) is 1.66. The van der Waals surface area contributed by atoms with Crippen molar-refractivity contribution in [2.24, 2.45) is 0 Å². The fourth-order valence-electron chi connectivity index (χ4n) is 1.89. The van der Waals surface area contributed by atoms with E-state index in [0.29, 0.717) is 5.95 Å². The quantitative estimate of drug-likeness (QED) is 0.882. The molecule has 0 amide bonds. The first-order chi connectivity index (χ1) is 8.11. The third-order valence-electron chi connectivity index (χ3n) is 2.90. The Hall–Kier alpha value is -1.97. The number of benzene rings is 1. The summed E-state index contributed by atoms with van der Waals surface area (Å²) in [6.45, 7) is 4.03. The Balaban J connectivity index is 2.30. The van der Waals surface area contributed by atoms with Crippen LogP contribution >= 0.6 is 0 Å². The number of imidazole rings is 1. The lowest BCUT2D eigenvalue weighted by Crippen LogP contribution is -2.09. The lowest BCUT2D eigenvalue weighted by atomic mass is 10.1. The Morgan fingerprint density at radius 3 is 2.41 bits per heavy atom. The first-order valence-corrected chi connectivity index (χ1v) is 5.56. The van der Waals surface area contributed by atoms with E-state index in [1.165, 1.54) is 5.56 Å². The van der Waals surface area contributed by atoms with Crippen molar-refractivity contribution >= 4 is 5.95 Å². The van der Waals surface area contributed by atoms with Gasteiger partial charge < -0.3 is 15.0 Å². The molecule has 4 nitrogen and oxygen atoms in total. The van der Waals surface area contributed by atoms with Crippen molar-refractivity contribution < 1.29 is 4.74 Å². The van der Waals surface area contributed by atoms with Gasteiger partial charge in [0.25, 0.3) is 0 Å². The maximum atomic E-state index is 5.86. The van der Waals surface area contributed by atoms with Gasteiger partial charge in [-0.3, -0.25) is 0 Å². The van der Waals surface area contributed by atoms with Crippen molar-refractivity contribution in [3.63, 3.8) is 0 Å². The molecular formula is C13H17N3O. The molecule has 1 aromatic heterocycles. The van der Waals surface area contributed by atoms with E-state index in [1.54, 1.807) is 7.11 Å². The molecule has 17 heavy (non-hydrogen) atoms. The standard InChI is InChI=1S/C13H17N3O/c1-9-8-16(13(14)15-9)10(2)11-4-6-12(17-3)7-5-11/h4-8,10H,1-3H3,(H2,14,15). The zero-order valence-corrected chi connectivity index (χ0v) is 10.3. The van der Waals surface area contributed by atoms with Crippen molar-refractivity contribution in [1.82, 2.24) is 9.55 Å². The molecule has 0 radical (unpaired) electrons. The highest BCUT2D eigenvalue weighted by Crippen LogP contribution is 2.23. The minimum atomic E-state index is 0.169. The van der Waals surface area contributed by atoms with Crippen LogP contribution in [0, 0.1) is 6.92 Å². The maximum Gasteiger partial charge on any atom is 0.200 e. The average Bonchev–Trinajstić information content (AvgIpc) is 2.68. The average molecular weight is 231 g/mol. The topological polar surface area (TPSA) is 53.1 Å². The van der Waals surface area contributed by atoms with Crippen LogP contribution in [0.25, 0.3) is 0 Å². The molecule has 0 aliphatic carbocycles. The highest BCUT2D eigenvalue weighted by molar-refractivity contribution is 5.32. The minimum Gasteiger partial charge on any atom is -0.497 e. The number of nitrogens with two attached hydrogens (primary N) is 1. The predicted molar refractivity (Wildman–Crippen MR) is 68.2 cm³/mol. The van der Waals surface area contributed by atoms with Crippen LogP contribution in [0.3, 0.4) is 0 Å². The number of rotatable bonds is 3. The van der Waals surface area contributed by atoms with Gasteiger partial charge in [-0.25, -0.2) is 4.98 Å². The molecule has 2 rings (SSSR count). The number of aryl methyl sites for hydroxylation is 1. The third-order valence-corrected chi connectivity index (χ3v) is 2.90. The van der Waals surface area contributed by atoms with E-state index < -0.39 is 0 Å². The second-order valence-corrected chi connectivity index (χ2v) is 4.10. The number of anilines is 1. The van der Waals surface area contributed by atoms with Crippen LogP contribution in [0.15, 0.2) is 30.5 Å². The second-order valence-electron chi connectivity index (χ2n) is 4.10. The van der Waals surface area contributed by atoms with E-state index >= 15 is 0 Å². The predicted octanol–water partition coefficient (Wildman–Crippen LogP) is 2.39. The Morgan fingerprint density at radius 2 is 1.94 bits per heavy atom. The lowest BCUT2D eigenvalue weighted by molar-refractivity contribution is 0.414. The van der Waals surface area contributed by atoms with E-state index in [0.717, 1.165) is 11.4 Å². The second kappa shape index (κ2) is 4.49. The van der Waals surface area contributed by atoms with Crippen LogP contribution in [0.2, 0.25) is 0 Å². The summed E-state index contributed by atoms with van der Waals surface area (Å²) < 4.78 is 7.11. The monoisotopic (exact) mass is 231 g/mol. The van der Waals surface area contributed by atoms with Crippen molar-refractivity contribution in [2.45, 2.75) is 19.9 Å². The van der Waals surface area contributed by atoms with Gasteiger partial charge in [-0.1, -0.05) is 12.1 Å². The molecule has 0 spiro atoms. The number of hydrogen-bond donors (Lipinski definition) is 1. The molecule has 0 saturated heterocycles. The number of nitrogen functional groups attached to an aromatic ring is 1. The van der Waals surface area contributed by atoms with E-state index in [2.05, 4.69) is 11.9 Å². The molecule has 2 N–H and O–H groups in total. The van der Waals surface area contributed by atoms with Gasteiger partial charge in [0.1, 0.15) is 5.75 Å². The number of ether oxygens (including phenoxy) is 1. The maximum absolute atomic E-state index is 5.86. The first-order valence-electron chi connectivity index (χ1n) is 5.56. The zero-order chi connectivity index (χ0) is 12.4. The molecule has 1 unspecified atom stereocenters. The fourth-order valence-corrected chi connectivity index (χ4v) is 1.89. The molecule has 4 heteroatoms. The normalized spacial score (nSPS) is 12.4. The van der Waals surface area contributed by atoms with Gasteiger partial charge in [0, 0.05) is 6.20 Å². The van der Waals surface area contributed by atoms with Crippen molar-refractivity contribution in [2.75, 3.05) is 12.8 Å². The summed E-state index contributed by atoms with van der Waals surface area (Å²) in [5.41, 5.74) is 7.97. The van der Waals surface area contributed by atoms with Crippen molar-refractivity contribution in [3.8, 4) is 5.75 Å². The number of hydrogen-bond acceptors (Lipinski definition) is 3. The lowest BCUT2D eigenvalue weighted by Gasteiger charge is -2.15. The molecule has 0 saturated carbocycles. The summed E-state index contributed by atoms with van der Waals surface area (Å²) in [6, 6.07) is 8.15. The molecule has 2 aromatic rings. The summed E-state index contributed by atoms with van der Waals surface area (Å²) >= 11 is 0. The number of nitrogens with zero attached hydrogens (tertiary/aromatic N) is 2. The first kappa shape index (κ1) is 11.5. The van der Waals surface area contributed by atoms with Crippen LogP contribution in [0.5, 0.6) is 5.75 Å². The van der Waals surface area contributed by atoms with Gasteiger partial charge in [-0.2, -0.15) is 0 Å². The summed E-state index contributed by atoms with van der Waals surface area (Å²) in [6.07, 6.45) is 1.96. The van der Waals surface area contributed by atoms with E-state index in [4.69, 9.17) is 10.5 Å². The molecule has 0 aliphatic rings. The van der Waals surface area contributed by atoms with Crippen LogP contribution in [0.1, 0.15) is 24.2 Å². The molecule has 90 valence electrons. The Morgan fingerprint density at radius 1 is 1.29 bits per heavy atom. The largest absolute Gasteiger partial charge is 0.497 e. The molecule has 0 fully saturated rings. The Bertz CT molecular complexity index is 502. The van der Waals surface area contributed by atoms with Gasteiger partial charge in [0.15, 0.2) is 0 Å². The van der Waals surface area contributed by atoms with Crippen molar-refractivity contribution in [1.29, 1.82) is 0 Å². The highest BCUT2D eigenvalue weighted by atomic mass is 16.5. The smallest absolute Gasteiger partial charge is 0.200 e. The molecule has 1 aromatic carbocycles. The van der Waals surface area contributed by atoms with E-state index in [-0.39, 0.29) is 6.04 Å². The van der Waals surface area contributed by atoms with Crippen LogP contribution in [0.4, 0.5) is 5.95 Å². The minimum absolute atomic E-state index is 0.169. The Kier molecular flexibility index (Phi) is 3.04. The van der Waals surface area contributed by atoms with Gasteiger partial charge in [-0.05, 0) is 31.5 Å². The zero-order valence-electron chi connectivity index (χ0n) is 10.3. The molecule has 1 heterocycles. The summed E-state index contributed by atoms with van der Waals surface area (Å²) in [5.74, 6) is 1.40. The molecule has 0 bridgehead atoms. The fraction of sp³-hybridized carbons (Fsp3) is 0.308. The number of methoxy groups -OCH3 is 1. The molecule has 1 atom stereocenters. The summed E-state index contributed by atoms with van der Waals surface area (Å²) in [5, 5.41) is 0. The van der Waals surface area contributed by atoms with Gasteiger partial charge in [0.2, 0.25) is 5.95 Å². The number of aromatic nitrogens is 2. The molecule has 0 aliphatic heterocycles.